The molecule has 4 rings (SSSR count). The minimum atomic E-state index is 1.03. The number of hydrogen-bond acceptors (Lipinski definition) is 0. The van der Waals surface area contributed by atoms with Gasteiger partial charge < -0.3 is 4.57 Å². The largest absolute Gasteiger partial charge is 0.310 e. The molecule has 0 aliphatic rings. The summed E-state index contributed by atoms with van der Waals surface area (Å²) in [5.41, 5.74) is 4.94. The lowest BCUT2D eigenvalue weighted by Crippen LogP contribution is -2.28. The first kappa shape index (κ1) is 16.4. The van der Waals surface area contributed by atoms with Crippen molar-refractivity contribution in [1.29, 1.82) is 0 Å². The molecule has 0 atom stereocenters. The van der Waals surface area contributed by atoms with E-state index in [0.29, 0.717) is 0 Å². The molecular formula is C25H23N. The number of para-hydroxylation sites is 1. The molecule has 0 radical (unpaired) electrons. The van der Waals surface area contributed by atoms with E-state index in [1.54, 1.807) is 0 Å². The highest BCUT2D eigenvalue weighted by Crippen LogP contribution is 2.23. The number of fused-ring (bicyclic) bond motifs is 1. The first-order chi connectivity index (χ1) is 12.8. The molecule has 1 heterocycles. The zero-order valence-corrected chi connectivity index (χ0v) is 15.3. The van der Waals surface area contributed by atoms with Gasteiger partial charge >= 0.3 is 0 Å². The molecule has 0 unspecified atom stereocenters. The van der Waals surface area contributed by atoms with Crippen LogP contribution in [0.4, 0.5) is 0 Å². The summed E-state index contributed by atoms with van der Waals surface area (Å²) < 4.78 is 2.38. The second-order valence-corrected chi connectivity index (χ2v) is 6.47. The van der Waals surface area contributed by atoms with E-state index in [-0.39, 0.29) is 0 Å². The summed E-state index contributed by atoms with van der Waals surface area (Å²) in [7, 11) is 0. The lowest BCUT2D eigenvalue weighted by Gasteiger charge is -2.09. The van der Waals surface area contributed by atoms with Gasteiger partial charge in [-0.3, -0.25) is 0 Å². The molecule has 4 aromatic rings. The minimum Gasteiger partial charge on any atom is -0.310 e. The molecule has 3 aromatic carbocycles. The minimum absolute atomic E-state index is 1.03. The summed E-state index contributed by atoms with van der Waals surface area (Å²) in [5, 5.41) is 3.90. The van der Waals surface area contributed by atoms with Gasteiger partial charge in [-0.2, -0.15) is 0 Å². The fourth-order valence-electron chi connectivity index (χ4n) is 3.72. The molecule has 0 bridgehead atoms. The Balaban J connectivity index is 2.04. The molecule has 1 nitrogen and oxygen atoms in total. The monoisotopic (exact) mass is 337 g/mol. The van der Waals surface area contributed by atoms with Crippen LogP contribution in [-0.4, -0.2) is 4.57 Å². The van der Waals surface area contributed by atoms with E-state index >= 15 is 0 Å². The molecular weight excluding hydrogens is 314 g/mol. The molecule has 0 aliphatic carbocycles. The van der Waals surface area contributed by atoms with E-state index < -0.39 is 0 Å². The molecule has 0 spiro atoms. The standard InChI is InChI=1S/C25H23N/c1-3-11-22-23-16-8-9-17-25(23)26(24(22)4-2)21-15-10-14-20(18-21)19-12-6-5-7-13-19/h4-18H,3H2,1-2H3/b22-11-,24-4+. The normalized spacial score (nSPS) is 12.8. The van der Waals surface area contributed by atoms with Crippen molar-refractivity contribution in [1.82, 2.24) is 4.57 Å². The van der Waals surface area contributed by atoms with Crippen LogP contribution in [0.3, 0.4) is 0 Å². The lowest BCUT2D eigenvalue weighted by atomic mass is 10.1. The Morgan fingerprint density at radius 2 is 1.54 bits per heavy atom. The van der Waals surface area contributed by atoms with Crippen LogP contribution < -0.4 is 10.6 Å². The topological polar surface area (TPSA) is 4.93 Å². The number of hydrogen-bond donors (Lipinski definition) is 0. The van der Waals surface area contributed by atoms with Crippen molar-refractivity contribution >= 4 is 23.1 Å². The predicted octanol–water partition coefficient (Wildman–Crippen LogP) is 5.29. The van der Waals surface area contributed by atoms with Gasteiger partial charge in [0, 0.05) is 21.6 Å². The van der Waals surface area contributed by atoms with E-state index in [1.165, 1.54) is 38.3 Å². The molecule has 0 fully saturated rings. The van der Waals surface area contributed by atoms with Gasteiger partial charge in [0.15, 0.2) is 0 Å². The van der Waals surface area contributed by atoms with Gasteiger partial charge in [0.25, 0.3) is 0 Å². The molecule has 0 saturated carbocycles. The molecule has 1 aromatic heterocycles. The molecule has 0 amide bonds. The van der Waals surface area contributed by atoms with Crippen LogP contribution in [0, 0.1) is 0 Å². The quantitative estimate of drug-likeness (QED) is 0.479. The van der Waals surface area contributed by atoms with E-state index in [9.17, 15) is 0 Å². The summed E-state index contributed by atoms with van der Waals surface area (Å²) >= 11 is 0. The van der Waals surface area contributed by atoms with Crippen LogP contribution in [0.1, 0.15) is 20.3 Å². The summed E-state index contributed by atoms with van der Waals surface area (Å²) in [4.78, 5) is 0. The third kappa shape index (κ3) is 2.76. The van der Waals surface area contributed by atoms with Gasteiger partial charge in [0.1, 0.15) is 0 Å². The van der Waals surface area contributed by atoms with Crippen LogP contribution in [-0.2, 0) is 0 Å². The third-order valence-corrected chi connectivity index (χ3v) is 4.85. The number of benzene rings is 3. The van der Waals surface area contributed by atoms with Crippen LogP contribution in [0.25, 0.3) is 39.9 Å². The fraction of sp³-hybridized carbons (Fsp3) is 0.120. The Morgan fingerprint density at radius 1 is 0.808 bits per heavy atom. The Labute approximate surface area is 154 Å². The molecule has 1 heteroatoms. The van der Waals surface area contributed by atoms with Gasteiger partial charge in [-0.25, -0.2) is 0 Å². The second kappa shape index (κ2) is 7.05. The highest BCUT2D eigenvalue weighted by atomic mass is 15.0. The maximum Gasteiger partial charge on any atom is 0.0540 e. The third-order valence-electron chi connectivity index (χ3n) is 4.85. The average molecular weight is 337 g/mol. The average Bonchev–Trinajstić information content (AvgIpc) is 3.03. The van der Waals surface area contributed by atoms with Crippen molar-refractivity contribution in [2.75, 3.05) is 0 Å². The number of nitrogens with zero attached hydrogens (tertiary/aromatic N) is 1. The summed E-state index contributed by atoms with van der Waals surface area (Å²) in [6, 6.07) is 28.1. The van der Waals surface area contributed by atoms with Gasteiger partial charge in [-0.1, -0.05) is 79.7 Å². The van der Waals surface area contributed by atoms with Crippen LogP contribution in [0.2, 0.25) is 0 Å². The van der Waals surface area contributed by atoms with Crippen molar-refractivity contribution in [2.45, 2.75) is 20.3 Å². The van der Waals surface area contributed by atoms with E-state index in [4.69, 9.17) is 0 Å². The van der Waals surface area contributed by atoms with E-state index in [2.05, 4.69) is 109 Å². The predicted molar refractivity (Wildman–Crippen MR) is 113 cm³/mol. The van der Waals surface area contributed by atoms with Crippen LogP contribution in [0.15, 0.2) is 78.9 Å². The van der Waals surface area contributed by atoms with Gasteiger partial charge in [0.2, 0.25) is 0 Å². The Hall–Kier alpha value is -3.06. The summed E-state index contributed by atoms with van der Waals surface area (Å²) in [6.45, 7) is 4.32. The zero-order chi connectivity index (χ0) is 17.9. The van der Waals surface area contributed by atoms with Crippen molar-refractivity contribution in [3.63, 3.8) is 0 Å². The molecule has 0 aliphatic heterocycles. The van der Waals surface area contributed by atoms with Crippen molar-refractivity contribution in [3.05, 3.63) is 89.4 Å². The fourth-order valence-corrected chi connectivity index (χ4v) is 3.72. The van der Waals surface area contributed by atoms with Gasteiger partial charge in [-0.15, -0.1) is 0 Å². The first-order valence-electron chi connectivity index (χ1n) is 9.25. The van der Waals surface area contributed by atoms with Crippen molar-refractivity contribution in [3.8, 4) is 16.8 Å². The molecule has 128 valence electrons. The SMILES string of the molecule is C/C=c1\c(=C/CC)c2ccccc2n1-c1cccc(-c2ccccc2)c1. The lowest BCUT2D eigenvalue weighted by molar-refractivity contribution is 1.07. The smallest absolute Gasteiger partial charge is 0.0540 e. The summed E-state index contributed by atoms with van der Waals surface area (Å²) in [5.74, 6) is 0. The van der Waals surface area contributed by atoms with E-state index in [1.807, 2.05) is 0 Å². The highest BCUT2D eigenvalue weighted by molar-refractivity contribution is 5.84. The molecule has 0 saturated heterocycles. The molecule has 0 N–H and O–H groups in total. The highest BCUT2D eigenvalue weighted by Gasteiger charge is 2.09. The Morgan fingerprint density at radius 3 is 2.31 bits per heavy atom. The Bertz CT molecular complexity index is 1160. The number of rotatable bonds is 3. The maximum atomic E-state index is 2.38. The van der Waals surface area contributed by atoms with Gasteiger partial charge in [0.05, 0.1) is 5.52 Å². The molecule has 26 heavy (non-hydrogen) atoms. The second-order valence-electron chi connectivity index (χ2n) is 6.47. The van der Waals surface area contributed by atoms with Crippen molar-refractivity contribution in [2.24, 2.45) is 0 Å². The first-order valence-corrected chi connectivity index (χ1v) is 9.25. The Kier molecular flexibility index (Phi) is 4.45. The zero-order valence-electron chi connectivity index (χ0n) is 15.3. The van der Waals surface area contributed by atoms with Crippen molar-refractivity contribution < 1.29 is 0 Å². The number of aromatic nitrogens is 1. The van der Waals surface area contributed by atoms with E-state index in [0.717, 1.165) is 6.42 Å². The van der Waals surface area contributed by atoms with Crippen LogP contribution >= 0.6 is 0 Å². The van der Waals surface area contributed by atoms with Crippen LogP contribution in [0.5, 0.6) is 0 Å². The maximum absolute atomic E-state index is 2.38. The summed E-state index contributed by atoms with van der Waals surface area (Å²) in [6.07, 6.45) is 5.57. The van der Waals surface area contributed by atoms with Gasteiger partial charge in [-0.05, 0) is 42.7 Å².